The Morgan fingerprint density at radius 1 is 1.00 bits per heavy atom. The Hall–Kier alpha value is -1.42. The molecule has 6 rings (SSSR count). The largest absolute Gasteiger partial charge is 0.274 e. The molecular formula is C17H14BrNO2. The average molecular weight is 344 g/mol. The smallest absolute Gasteiger partial charge is 0.238 e. The molecule has 3 nitrogen and oxygen atoms in total. The summed E-state index contributed by atoms with van der Waals surface area (Å²) in [5, 5.41) is 0. The first-order valence-corrected chi connectivity index (χ1v) is 8.28. The fourth-order valence-electron chi connectivity index (χ4n) is 4.83. The van der Waals surface area contributed by atoms with E-state index >= 15 is 0 Å². The predicted octanol–water partition coefficient (Wildman–Crippen LogP) is 3.01. The van der Waals surface area contributed by atoms with Crippen molar-refractivity contribution in [2.45, 2.75) is 6.42 Å². The Balaban J connectivity index is 1.60. The molecule has 0 unspecified atom stereocenters. The van der Waals surface area contributed by atoms with Gasteiger partial charge in [0.2, 0.25) is 11.8 Å². The molecule has 2 bridgehead atoms. The molecule has 1 aromatic carbocycles. The van der Waals surface area contributed by atoms with Crippen molar-refractivity contribution in [3.8, 4) is 0 Å². The highest BCUT2D eigenvalue weighted by atomic mass is 79.9. The molecule has 5 aliphatic rings. The maximum absolute atomic E-state index is 12.9. The second-order valence-electron chi connectivity index (χ2n) is 6.65. The van der Waals surface area contributed by atoms with Gasteiger partial charge in [0, 0.05) is 4.47 Å². The van der Waals surface area contributed by atoms with Crippen LogP contribution in [-0.4, -0.2) is 11.8 Å². The van der Waals surface area contributed by atoms with Gasteiger partial charge < -0.3 is 0 Å². The molecule has 1 heterocycles. The van der Waals surface area contributed by atoms with Crippen molar-refractivity contribution in [3.05, 3.63) is 40.9 Å². The second-order valence-corrected chi connectivity index (χ2v) is 7.56. The summed E-state index contributed by atoms with van der Waals surface area (Å²) in [6.45, 7) is 0. The van der Waals surface area contributed by atoms with Gasteiger partial charge in [0.1, 0.15) is 0 Å². The third kappa shape index (κ3) is 1.44. The van der Waals surface area contributed by atoms with Crippen LogP contribution in [-0.2, 0) is 9.59 Å². The van der Waals surface area contributed by atoms with Crippen LogP contribution >= 0.6 is 15.9 Å². The first-order valence-electron chi connectivity index (χ1n) is 7.48. The third-order valence-electron chi connectivity index (χ3n) is 5.73. The lowest BCUT2D eigenvalue weighted by Gasteiger charge is -2.37. The van der Waals surface area contributed by atoms with Crippen LogP contribution < -0.4 is 4.90 Å². The van der Waals surface area contributed by atoms with Gasteiger partial charge in [-0.05, 0) is 48.3 Å². The number of benzene rings is 1. The lowest BCUT2D eigenvalue weighted by molar-refractivity contribution is -0.124. The molecule has 0 spiro atoms. The quantitative estimate of drug-likeness (QED) is 0.580. The number of carbonyl (C=O) groups is 2. The first-order chi connectivity index (χ1) is 10.2. The Morgan fingerprint density at radius 3 is 2.19 bits per heavy atom. The lowest BCUT2D eigenvalue weighted by Crippen LogP contribution is -2.40. The molecule has 21 heavy (non-hydrogen) atoms. The van der Waals surface area contributed by atoms with E-state index in [2.05, 4.69) is 28.1 Å². The van der Waals surface area contributed by atoms with Gasteiger partial charge >= 0.3 is 0 Å². The normalized spacial score (nSPS) is 42.2. The summed E-state index contributed by atoms with van der Waals surface area (Å²) in [5.74, 6) is 1.67. The van der Waals surface area contributed by atoms with Gasteiger partial charge in [0.25, 0.3) is 0 Å². The standard InChI is InChI=1S/C17H14BrNO2/c18-8-2-1-3-9(6-8)19-16(20)14-10-4-5-11(13-7-12(10)13)15(14)17(19)21/h1-6,10-15H,7H2/t10-,11-,12-,13-,14+,15+/m0/s1. The van der Waals surface area contributed by atoms with Crippen molar-refractivity contribution in [2.75, 3.05) is 4.90 Å². The third-order valence-corrected chi connectivity index (χ3v) is 6.22. The topological polar surface area (TPSA) is 37.4 Å². The summed E-state index contributed by atoms with van der Waals surface area (Å²) in [5.41, 5.74) is 0.696. The molecular weight excluding hydrogens is 330 g/mol. The van der Waals surface area contributed by atoms with Gasteiger partial charge in [0.05, 0.1) is 17.5 Å². The number of imide groups is 1. The van der Waals surface area contributed by atoms with Crippen LogP contribution in [0.15, 0.2) is 40.9 Å². The number of halogens is 1. The molecule has 2 saturated carbocycles. The molecule has 0 N–H and O–H groups in total. The van der Waals surface area contributed by atoms with Gasteiger partial charge in [-0.2, -0.15) is 0 Å². The highest BCUT2D eigenvalue weighted by Gasteiger charge is 2.67. The zero-order chi connectivity index (χ0) is 14.3. The van der Waals surface area contributed by atoms with Crippen molar-refractivity contribution < 1.29 is 9.59 Å². The maximum Gasteiger partial charge on any atom is 0.238 e. The zero-order valence-electron chi connectivity index (χ0n) is 11.3. The summed E-state index contributed by atoms with van der Waals surface area (Å²) in [6.07, 6.45) is 5.61. The van der Waals surface area contributed by atoms with E-state index in [1.807, 2.05) is 24.3 Å². The van der Waals surface area contributed by atoms with E-state index in [1.165, 1.54) is 11.3 Å². The summed E-state index contributed by atoms with van der Waals surface area (Å²) >= 11 is 3.42. The minimum absolute atomic E-state index is 0.00722. The average Bonchev–Trinajstić information content (AvgIpc) is 3.24. The lowest BCUT2D eigenvalue weighted by atomic mass is 9.63. The molecule has 2 amide bonds. The van der Waals surface area contributed by atoms with Gasteiger partial charge in [-0.15, -0.1) is 0 Å². The van der Waals surface area contributed by atoms with Crippen molar-refractivity contribution in [2.24, 2.45) is 35.5 Å². The van der Waals surface area contributed by atoms with E-state index in [9.17, 15) is 9.59 Å². The predicted molar refractivity (Wildman–Crippen MR) is 81.3 cm³/mol. The molecule has 3 fully saturated rings. The SMILES string of the molecule is O=C1[C@@H]2[C@H]3C=C[C@@H]([C@@H]4C[C@@H]34)[C@H]2C(=O)N1c1cccc(Br)c1. The maximum atomic E-state index is 12.9. The summed E-state index contributed by atoms with van der Waals surface area (Å²) < 4.78 is 0.888. The Morgan fingerprint density at radius 2 is 1.62 bits per heavy atom. The molecule has 0 radical (unpaired) electrons. The summed E-state index contributed by atoms with van der Waals surface area (Å²) in [7, 11) is 0. The van der Waals surface area contributed by atoms with E-state index in [1.54, 1.807) is 0 Å². The van der Waals surface area contributed by atoms with E-state index in [-0.39, 0.29) is 23.7 Å². The Kier molecular flexibility index (Phi) is 2.23. The van der Waals surface area contributed by atoms with Gasteiger partial charge in [0.15, 0.2) is 0 Å². The number of carbonyl (C=O) groups excluding carboxylic acids is 2. The van der Waals surface area contributed by atoms with Crippen molar-refractivity contribution in [1.82, 2.24) is 0 Å². The zero-order valence-corrected chi connectivity index (χ0v) is 12.9. The van der Waals surface area contributed by atoms with Crippen LogP contribution in [0.4, 0.5) is 5.69 Å². The number of amides is 2. The monoisotopic (exact) mass is 343 g/mol. The van der Waals surface area contributed by atoms with Gasteiger partial charge in [-0.3, -0.25) is 9.59 Å². The van der Waals surface area contributed by atoms with Crippen LogP contribution in [0.2, 0.25) is 0 Å². The van der Waals surface area contributed by atoms with Crippen molar-refractivity contribution in [3.63, 3.8) is 0 Å². The Bertz CT molecular complexity index is 676. The molecule has 1 aromatic rings. The number of hydrogen-bond acceptors (Lipinski definition) is 2. The van der Waals surface area contributed by atoms with Crippen molar-refractivity contribution in [1.29, 1.82) is 0 Å². The van der Waals surface area contributed by atoms with Crippen LogP contribution in [0, 0.1) is 35.5 Å². The molecule has 4 aliphatic carbocycles. The van der Waals surface area contributed by atoms with Crippen molar-refractivity contribution >= 4 is 33.4 Å². The van der Waals surface area contributed by atoms with Crippen LogP contribution in [0.1, 0.15) is 6.42 Å². The van der Waals surface area contributed by atoms with Crippen LogP contribution in [0.5, 0.6) is 0 Å². The number of allylic oxidation sites excluding steroid dienone is 2. The van der Waals surface area contributed by atoms with Gasteiger partial charge in [-0.25, -0.2) is 4.90 Å². The molecule has 1 aliphatic heterocycles. The van der Waals surface area contributed by atoms with E-state index < -0.39 is 0 Å². The minimum atomic E-state index is -0.116. The minimum Gasteiger partial charge on any atom is -0.274 e. The highest BCUT2D eigenvalue weighted by molar-refractivity contribution is 9.10. The fraction of sp³-hybridized carbons (Fsp3) is 0.412. The van der Waals surface area contributed by atoms with Crippen LogP contribution in [0.3, 0.4) is 0 Å². The molecule has 4 heteroatoms. The molecule has 6 atom stereocenters. The van der Waals surface area contributed by atoms with Crippen LogP contribution in [0.25, 0.3) is 0 Å². The highest BCUT2D eigenvalue weighted by Crippen LogP contribution is 2.65. The number of anilines is 1. The van der Waals surface area contributed by atoms with E-state index in [0.717, 1.165) is 4.47 Å². The van der Waals surface area contributed by atoms with Gasteiger partial charge in [-0.1, -0.05) is 34.1 Å². The first kappa shape index (κ1) is 12.2. The second kappa shape index (κ2) is 3.86. The molecule has 106 valence electrons. The number of hydrogen-bond donors (Lipinski definition) is 0. The fourth-order valence-corrected chi connectivity index (χ4v) is 5.21. The van der Waals surface area contributed by atoms with E-state index in [4.69, 9.17) is 0 Å². The molecule has 0 aromatic heterocycles. The van der Waals surface area contributed by atoms with E-state index in [0.29, 0.717) is 29.4 Å². The Labute approximate surface area is 131 Å². The summed E-state index contributed by atoms with van der Waals surface area (Å²) in [6, 6.07) is 7.46. The number of nitrogens with zero attached hydrogens (tertiary/aromatic N) is 1. The number of rotatable bonds is 1. The molecule has 1 saturated heterocycles. The summed E-state index contributed by atoms with van der Waals surface area (Å²) in [4.78, 5) is 27.2.